The smallest absolute Gasteiger partial charge is 0.247 e. The first-order valence-electron chi connectivity index (χ1n) is 17.7. The van der Waals surface area contributed by atoms with E-state index in [1.165, 1.54) is 76.2 Å². The van der Waals surface area contributed by atoms with Gasteiger partial charge in [0.1, 0.15) is 5.75 Å². The van der Waals surface area contributed by atoms with Crippen LogP contribution in [0, 0.1) is 6.20 Å². The highest BCUT2D eigenvalue weighted by Crippen LogP contribution is 2.33. The van der Waals surface area contributed by atoms with Crippen molar-refractivity contribution in [2.45, 2.75) is 130 Å². The number of halogens is 1. The van der Waals surface area contributed by atoms with Crippen molar-refractivity contribution in [3.05, 3.63) is 95.5 Å². The number of aliphatic imine (C=N–C) groups is 1. The van der Waals surface area contributed by atoms with E-state index in [4.69, 9.17) is 4.74 Å². The summed E-state index contributed by atoms with van der Waals surface area (Å²) < 4.78 is 6.44. The highest BCUT2D eigenvalue weighted by molar-refractivity contribution is 5.92. The molecule has 4 rings (SSSR count). The topological polar surface area (TPSA) is 45.1 Å². The molecule has 0 fully saturated rings. The Hall–Kier alpha value is -3.21. The second-order valence-electron chi connectivity index (χ2n) is 13.9. The Labute approximate surface area is 295 Å². The lowest BCUT2D eigenvalue weighted by molar-refractivity contribution is -0.116. The van der Waals surface area contributed by atoms with Crippen molar-refractivity contribution < 1.29 is 26.5 Å². The van der Waals surface area contributed by atoms with E-state index < -0.39 is 0 Å². The number of anilines is 1. The molecule has 0 saturated carbocycles. The van der Waals surface area contributed by atoms with Crippen LogP contribution in [-0.4, -0.2) is 23.2 Å². The van der Waals surface area contributed by atoms with Crippen LogP contribution in [0.1, 0.15) is 128 Å². The van der Waals surface area contributed by atoms with Crippen LogP contribution in [0.2, 0.25) is 0 Å². The van der Waals surface area contributed by atoms with Crippen molar-refractivity contribution in [1.29, 1.82) is 0 Å². The number of carbonyl (C=O) groups excluding carboxylic acids is 1. The fraction of sp³-hybridized carbons (Fsp3) is 0.512. The molecule has 0 aliphatic carbocycles. The first kappa shape index (κ1) is 38.2. The second kappa shape index (κ2) is 19.6. The summed E-state index contributed by atoms with van der Waals surface area (Å²) in [5.74, 6) is 1.87. The fourth-order valence-electron chi connectivity index (χ4n) is 6.17. The molecule has 2 heterocycles. The molecular formula is C41H56BrN3O2. The second-order valence-corrected chi connectivity index (χ2v) is 13.9. The van der Waals surface area contributed by atoms with Gasteiger partial charge in [-0.1, -0.05) is 128 Å². The van der Waals surface area contributed by atoms with Gasteiger partial charge in [-0.3, -0.25) is 4.79 Å². The van der Waals surface area contributed by atoms with Crippen LogP contribution in [0.3, 0.4) is 0 Å². The van der Waals surface area contributed by atoms with E-state index >= 15 is 0 Å². The number of nitrogens with zero attached hydrogens (tertiary/aromatic N) is 3. The number of ether oxygens (including phenoxy) is 1. The number of allylic oxidation sites excluding steroid dienone is 3. The molecule has 0 unspecified atom stereocenters. The van der Waals surface area contributed by atoms with Gasteiger partial charge in [0.2, 0.25) is 17.4 Å². The lowest BCUT2D eigenvalue weighted by Crippen LogP contribution is -3.00. The van der Waals surface area contributed by atoms with Gasteiger partial charge in [0.15, 0.2) is 6.20 Å². The monoisotopic (exact) mass is 701 g/mol. The Kier molecular flexibility index (Phi) is 15.9. The Balaban J connectivity index is 0.00000600. The minimum atomic E-state index is -0.0343. The normalized spacial score (nSPS) is 13.4. The number of amides is 1. The number of carbonyl (C=O) groups is 1. The zero-order valence-electron chi connectivity index (χ0n) is 29.5. The van der Waals surface area contributed by atoms with Crippen molar-refractivity contribution in [3.8, 4) is 5.75 Å². The van der Waals surface area contributed by atoms with Crippen LogP contribution in [0.5, 0.6) is 5.75 Å². The highest BCUT2D eigenvalue weighted by Gasteiger charge is 2.29. The molecule has 2 aliphatic heterocycles. The van der Waals surface area contributed by atoms with Gasteiger partial charge >= 0.3 is 0 Å². The van der Waals surface area contributed by atoms with Gasteiger partial charge in [-0.2, -0.15) is 0 Å². The number of fused-ring (bicyclic) bond motifs is 1. The summed E-state index contributed by atoms with van der Waals surface area (Å²) in [6, 6.07) is 14.7. The quantitative estimate of drug-likeness (QED) is 0.112. The van der Waals surface area contributed by atoms with E-state index in [0.29, 0.717) is 13.0 Å². The lowest BCUT2D eigenvalue weighted by atomic mass is 9.85. The van der Waals surface area contributed by atoms with Gasteiger partial charge in [-0.15, -0.1) is 0 Å². The number of unbranched alkanes of at least 4 members (excludes halogenated alkanes) is 11. The molecule has 0 bridgehead atoms. The molecule has 1 amide bonds. The van der Waals surface area contributed by atoms with E-state index in [-0.39, 0.29) is 28.3 Å². The van der Waals surface area contributed by atoms with E-state index in [9.17, 15) is 4.79 Å². The zero-order chi connectivity index (χ0) is 32.8. The van der Waals surface area contributed by atoms with Gasteiger partial charge in [0.05, 0.1) is 25.6 Å². The summed E-state index contributed by atoms with van der Waals surface area (Å²) in [5, 5.41) is 0. The number of hydrogen-bond donors (Lipinski definition) is 0. The van der Waals surface area contributed by atoms with Crippen molar-refractivity contribution in [2.75, 3.05) is 11.5 Å². The molecule has 2 aliphatic rings. The van der Waals surface area contributed by atoms with Crippen LogP contribution in [0.15, 0.2) is 77.6 Å². The molecule has 2 aromatic rings. The predicted molar refractivity (Wildman–Crippen MR) is 193 cm³/mol. The Morgan fingerprint density at radius 1 is 0.872 bits per heavy atom. The zero-order valence-corrected chi connectivity index (χ0v) is 31.1. The first-order chi connectivity index (χ1) is 22.3. The molecule has 5 nitrogen and oxygen atoms in total. The Morgan fingerprint density at radius 2 is 1.55 bits per heavy atom. The summed E-state index contributed by atoms with van der Waals surface area (Å²) in [5.41, 5.74) is 5.17. The van der Waals surface area contributed by atoms with Crippen molar-refractivity contribution in [3.63, 3.8) is 0 Å². The number of amidine groups is 1. The lowest BCUT2D eigenvalue weighted by Gasteiger charge is -2.26. The fourth-order valence-corrected chi connectivity index (χ4v) is 6.17. The van der Waals surface area contributed by atoms with Crippen molar-refractivity contribution in [1.82, 2.24) is 4.90 Å². The van der Waals surface area contributed by atoms with Crippen LogP contribution in [0.4, 0.5) is 5.69 Å². The van der Waals surface area contributed by atoms with Crippen molar-refractivity contribution >= 4 is 17.4 Å². The molecule has 0 radical (unpaired) electrons. The maximum Gasteiger partial charge on any atom is 0.247 e. The number of rotatable bonds is 19. The highest BCUT2D eigenvalue weighted by atomic mass is 79.9. The van der Waals surface area contributed by atoms with Gasteiger partial charge in [0.25, 0.3) is 0 Å². The molecule has 0 N–H and O–H groups in total. The molecule has 0 aromatic heterocycles. The van der Waals surface area contributed by atoms with E-state index in [1.807, 2.05) is 41.5 Å². The molecule has 2 aromatic carbocycles. The summed E-state index contributed by atoms with van der Waals surface area (Å²) in [4.78, 5) is 21.4. The van der Waals surface area contributed by atoms with Crippen LogP contribution in [-0.2, 0) is 23.2 Å². The predicted octanol–water partition coefficient (Wildman–Crippen LogP) is 7.61. The molecule has 0 atom stereocenters. The average Bonchev–Trinajstić information content (AvgIpc) is 3.44. The summed E-state index contributed by atoms with van der Waals surface area (Å²) >= 11 is 0. The molecular weight excluding hydrogens is 646 g/mol. The average molecular weight is 703 g/mol. The van der Waals surface area contributed by atoms with Gasteiger partial charge in [0, 0.05) is 18.8 Å². The number of hydrogen-bond acceptors (Lipinski definition) is 4. The largest absolute Gasteiger partial charge is 1.00 e. The van der Waals surface area contributed by atoms with Crippen molar-refractivity contribution in [2.24, 2.45) is 4.99 Å². The van der Waals surface area contributed by atoms with Crippen LogP contribution >= 0.6 is 0 Å². The van der Waals surface area contributed by atoms with Gasteiger partial charge < -0.3 is 26.6 Å². The maximum atomic E-state index is 12.9. The molecule has 6 heteroatoms. The molecule has 47 heavy (non-hydrogen) atoms. The summed E-state index contributed by atoms with van der Waals surface area (Å²) in [7, 11) is 0. The summed E-state index contributed by atoms with van der Waals surface area (Å²) in [6.45, 7) is 11.8. The van der Waals surface area contributed by atoms with Gasteiger partial charge in [-0.05, 0) is 58.9 Å². The molecule has 0 spiro atoms. The van der Waals surface area contributed by atoms with E-state index in [1.54, 1.807) is 6.92 Å². The van der Waals surface area contributed by atoms with Gasteiger partial charge in [-0.25, -0.2) is 4.90 Å². The summed E-state index contributed by atoms with van der Waals surface area (Å²) in [6.07, 6.45) is 27.7. The standard InChI is InChI=1S/C41H56N3O2.BrH/c1-6-7-8-9-10-11-12-13-14-15-16-19-27-46-39-29-35(24-25-38(39)41(3,4)5)32-44(33(2)45)36-23-20-21-34(28-36)30-40-42-31-37-22-17-18-26-43(37)40;/h17-18,20-26,28-29H,6-16,19,27,30,32H2,1-5H3;1H/q+1;/p-1. The van der Waals surface area contributed by atoms with Crippen LogP contribution < -0.4 is 26.6 Å². The number of benzene rings is 2. The third-order valence-corrected chi connectivity index (χ3v) is 8.85. The van der Waals surface area contributed by atoms with E-state index in [2.05, 4.69) is 74.1 Å². The maximum absolute atomic E-state index is 12.9. The van der Waals surface area contributed by atoms with E-state index in [0.717, 1.165) is 47.1 Å². The third kappa shape index (κ3) is 12.1. The third-order valence-electron chi connectivity index (χ3n) is 8.85. The minimum Gasteiger partial charge on any atom is -1.00 e. The Morgan fingerprint density at radius 3 is 2.21 bits per heavy atom. The Bertz CT molecular complexity index is 1400. The van der Waals surface area contributed by atoms with Crippen LogP contribution in [0.25, 0.3) is 0 Å². The first-order valence-corrected chi connectivity index (χ1v) is 17.7. The SMILES string of the molecule is CCCCCCCCCCCCCCOc1cc(CN(C(C)=O)c2cccc(CC3=N[C+]=C4C=CC=CN43)c2)ccc1C(C)(C)C.[Br-]. The molecule has 254 valence electrons. The minimum absolute atomic E-state index is 0. The molecule has 0 saturated heterocycles.